The van der Waals surface area contributed by atoms with Gasteiger partial charge in [0.2, 0.25) is 11.7 Å². The summed E-state index contributed by atoms with van der Waals surface area (Å²) in [4.78, 5) is 48.0. The molecule has 0 atom stereocenters. The standard InChI is InChI=1S/C31H29F4N7O5/c1-18-26(39-10-12-40(13-11-39)28(45)23-16-21(32)4-7-24(23)43)29(46)42-30(37-27(38-42)19-8-14-47-15-9-19)41(18)17-25(44)36-22-5-2-20(3-6-22)31(33,34)35/h2-8,16,43H,9-15,17H2,1H3,(H,36,44). The van der Waals surface area contributed by atoms with Gasteiger partial charge in [0, 0.05) is 37.6 Å². The zero-order valence-electron chi connectivity index (χ0n) is 25.1. The number of benzene rings is 2. The average molecular weight is 656 g/mol. The van der Waals surface area contributed by atoms with Crippen molar-refractivity contribution in [1.29, 1.82) is 0 Å². The van der Waals surface area contributed by atoms with Crippen molar-refractivity contribution in [2.24, 2.45) is 0 Å². The maximum atomic E-state index is 13.9. The molecule has 12 nitrogen and oxygen atoms in total. The van der Waals surface area contributed by atoms with Gasteiger partial charge >= 0.3 is 6.18 Å². The third-order valence-corrected chi connectivity index (χ3v) is 8.09. The average Bonchev–Trinajstić information content (AvgIpc) is 3.51. The van der Waals surface area contributed by atoms with Gasteiger partial charge < -0.3 is 29.5 Å². The van der Waals surface area contributed by atoms with E-state index in [4.69, 9.17) is 4.74 Å². The number of hydrogen-bond acceptors (Lipinski definition) is 8. The van der Waals surface area contributed by atoms with E-state index in [1.165, 1.54) is 9.47 Å². The maximum Gasteiger partial charge on any atom is 0.416 e. The Balaban J connectivity index is 1.31. The van der Waals surface area contributed by atoms with E-state index in [0.29, 0.717) is 31.2 Å². The van der Waals surface area contributed by atoms with Crippen LogP contribution in [0.3, 0.4) is 0 Å². The summed E-state index contributed by atoms with van der Waals surface area (Å²) in [7, 11) is 0. The largest absolute Gasteiger partial charge is 0.507 e. The van der Waals surface area contributed by atoms with Crippen LogP contribution in [0.2, 0.25) is 0 Å². The van der Waals surface area contributed by atoms with E-state index in [2.05, 4.69) is 15.4 Å². The number of hydrogen-bond donors (Lipinski definition) is 2. The molecule has 2 aliphatic heterocycles. The van der Waals surface area contributed by atoms with Crippen LogP contribution >= 0.6 is 0 Å². The number of carbonyl (C=O) groups excluding carboxylic acids is 2. The number of ether oxygens (including phenoxy) is 1. The van der Waals surface area contributed by atoms with Crippen LogP contribution in [0.1, 0.15) is 33.9 Å². The molecule has 0 aliphatic carbocycles. The van der Waals surface area contributed by atoms with E-state index in [9.17, 15) is 37.1 Å². The van der Waals surface area contributed by atoms with E-state index in [1.807, 2.05) is 6.08 Å². The first-order valence-corrected chi connectivity index (χ1v) is 14.7. The van der Waals surface area contributed by atoms with Crippen molar-refractivity contribution >= 4 is 34.5 Å². The van der Waals surface area contributed by atoms with Gasteiger partial charge in [0.05, 0.1) is 24.3 Å². The van der Waals surface area contributed by atoms with Crippen molar-refractivity contribution in [2.75, 3.05) is 49.6 Å². The summed E-state index contributed by atoms with van der Waals surface area (Å²) in [6.45, 7) is 2.79. The van der Waals surface area contributed by atoms with Gasteiger partial charge in [-0.3, -0.25) is 14.4 Å². The van der Waals surface area contributed by atoms with Crippen LogP contribution in [0.15, 0.2) is 53.3 Å². The lowest BCUT2D eigenvalue weighted by Crippen LogP contribution is -2.50. The zero-order chi connectivity index (χ0) is 33.5. The number of alkyl halides is 3. The third-order valence-electron chi connectivity index (χ3n) is 8.09. The normalized spacial score (nSPS) is 15.6. The molecule has 1 fully saturated rings. The Bertz CT molecular complexity index is 1940. The minimum Gasteiger partial charge on any atom is -0.507 e. The molecule has 0 saturated carbocycles. The molecule has 246 valence electrons. The quantitative estimate of drug-likeness (QED) is 0.302. The van der Waals surface area contributed by atoms with E-state index < -0.39 is 34.9 Å². The number of nitrogens with one attached hydrogen (secondary N) is 1. The molecule has 2 aromatic carbocycles. The topological polar surface area (TPSA) is 134 Å². The van der Waals surface area contributed by atoms with Gasteiger partial charge in [-0.05, 0) is 61.4 Å². The van der Waals surface area contributed by atoms with Crippen LogP contribution in [0.5, 0.6) is 5.75 Å². The minimum atomic E-state index is -4.52. The number of halogens is 4. The fraction of sp³-hybridized carbons (Fsp3) is 0.323. The molecule has 4 heterocycles. The number of nitrogens with zero attached hydrogens (tertiary/aromatic N) is 6. The van der Waals surface area contributed by atoms with Crippen molar-refractivity contribution in [3.05, 3.63) is 87.4 Å². The smallest absolute Gasteiger partial charge is 0.416 e. The second kappa shape index (κ2) is 12.5. The third kappa shape index (κ3) is 6.40. The molecule has 0 radical (unpaired) electrons. The highest BCUT2D eigenvalue weighted by atomic mass is 19.4. The van der Waals surface area contributed by atoms with Crippen molar-refractivity contribution in [3.63, 3.8) is 0 Å². The predicted molar refractivity (Wildman–Crippen MR) is 162 cm³/mol. The van der Waals surface area contributed by atoms with Crippen molar-refractivity contribution < 1.29 is 37.0 Å². The predicted octanol–water partition coefficient (Wildman–Crippen LogP) is 3.47. The van der Waals surface area contributed by atoms with E-state index in [-0.39, 0.29) is 61.2 Å². The van der Waals surface area contributed by atoms with E-state index in [0.717, 1.165) is 52.6 Å². The van der Waals surface area contributed by atoms with Crippen LogP contribution in [0.25, 0.3) is 11.4 Å². The fourth-order valence-corrected chi connectivity index (χ4v) is 5.64. The lowest BCUT2D eigenvalue weighted by atomic mass is 10.1. The Morgan fingerprint density at radius 2 is 1.79 bits per heavy atom. The summed E-state index contributed by atoms with van der Waals surface area (Å²) < 4.78 is 60.8. The number of piperazine rings is 1. The van der Waals surface area contributed by atoms with Gasteiger partial charge in [0.1, 0.15) is 23.8 Å². The van der Waals surface area contributed by atoms with Crippen LogP contribution in [-0.4, -0.2) is 80.4 Å². The van der Waals surface area contributed by atoms with Crippen molar-refractivity contribution in [3.8, 4) is 5.75 Å². The number of aromatic nitrogens is 4. The number of phenols is 1. The first kappa shape index (κ1) is 31.7. The molecule has 4 aromatic rings. The molecule has 0 spiro atoms. The summed E-state index contributed by atoms with van der Waals surface area (Å²) in [6, 6.07) is 7.15. The highest BCUT2D eigenvalue weighted by Gasteiger charge is 2.31. The van der Waals surface area contributed by atoms with Gasteiger partial charge in [-0.25, -0.2) is 4.39 Å². The van der Waals surface area contributed by atoms with Crippen molar-refractivity contribution in [1.82, 2.24) is 24.1 Å². The lowest BCUT2D eigenvalue weighted by molar-refractivity contribution is -0.137. The first-order valence-electron chi connectivity index (χ1n) is 14.7. The molecule has 47 heavy (non-hydrogen) atoms. The van der Waals surface area contributed by atoms with Crippen LogP contribution < -0.4 is 15.8 Å². The maximum absolute atomic E-state index is 13.9. The van der Waals surface area contributed by atoms with E-state index in [1.54, 1.807) is 11.8 Å². The number of fused-ring (bicyclic) bond motifs is 1. The molecule has 16 heteroatoms. The lowest BCUT2D eigenvalue weighted by Gasteiger charge is -2.36. The van der Waals surface area contributed by atoms with Gasteiger partial charge in [-0.2, -0.15) is 22.7 Å². The van der Waals surface area contributed by atoms with Crippen LogP contribution in [-0.2, 0) is 22.3 Å². The fourth-order valence-electron chi connectivity index (χ4n) is 5.64. The highest BCUT2D eigenvalue weighted by Crippen LogP contribution is 2.30. The molecule has 2 N–H and O–H groups in total. The number of anilines is 2. The summed E-state index contributed by atoms with van der Waals surface area (Å²) >= 11 is 0. The monoisotopic (exact) mass is 655 g/mol. The molecule has 0 unspecified atom stereocenters. The van der Waals surface area contributed by atoms with Crippen LogP contribution in [0, 0.1) is 12.7 Å². The SMILES string of the molecule is Cc1c(N2CCN(C(=O)c3cc(F)ccc3O)CC2)c(=O)n2nc(C3=CCOCC3)nc2n1CC(=O)Nc1ccc(C(F)(F)F)cc1. The second-order valence-corrected chi connectivity index (χ2v) is 11.1. The Kier molecular flexibility index (Phi) is 8.44. The number of phenolic OH excluding ortho intramolecular Hbond substituents is 1. The highest BCUT2D eigenvalue weighted by molar-refractivity contribution is 5.97. The summed E-state index contributed by atoms with van der Waals surface area (Å²) in [5.41, 5.74) is 0.00186. The Morgan fingerprint density at radius 3 is 2.45 bits per heavy atom. The number of carbonyl (C=O) groups is 2. The first-order chi connectivity index (χ1) is 22.4. The van der Waals surface area contributed by atoms with Crippen LogP contribution in [0.4, 0.5) is 28.9 Å². The van der Waals surface area contributed by atoms with Gasteiger partial charge in [0.25, 0.3) is 11.5 Å². The molecule has 0 bridgehead atoms. The zero-order valence-corrected chi connectivity index (χ0v) is 25.1. The number of amides is 2. The summed E-state index contributed by atoms with van der Waals surface area (Å²) in [6.07, 6.45) is -2.20. The minimum absolute atomic E-state index is 0.0941. The molecule has 1 saturated heterocycles. The molecule has 2 amide bonds. The van der Waals surface area contributed by atoms with Gasteiger partial charge in [-0.15, -0.1) is 5.10 Å². The summed E-state index contributed by atoms with van der Waals surface area (Å²) in [5, 5.41) is 17.2. The molecule has 2 aromatic heterocycles. The van der Waals surface area contributed by atoms with Gasteiger partial charge in [-0.1, -0.05) is 6.08 Å². The Hall–Kier alpha value is -5.25. The number of aromatic hydroxyl groups is 1. The van der Waals surface area contributed by atoms with E-state index >= 15 is 0 Å². The molecule has 6 rings (SSSR count). The summed E-state index contributed by atoms with van der Waals surface area (Å²) in [5.74, 6) is -1.76. The Morgan fingerprint density at radius 1 is 1.06 bits per heavy atom. The Labute approximate surface area is 264 Å². The van der Waals surface area contributed by atoms with Crippen molar-refractivity contribution in [2.45, 2.75) is 26.1 Å². The van der Waals surface area contributed by atoms with Gasteiger partial charge in [0.15, 0.2) is 5.82 Å². The molecule has 2 aliphatic rings. The molecular formula is C31H29F4N7O5. The molecular weight excluding hydrogens is 626 g/mol. The number of rotatable bonds is 6. The second-order valence-electron chi connectivity index (χ2n) is 11.1.